The van der Waals surface area contributed by atoms with Gasteiger partial charge in [-0.2, -0.15) is 0 Å². The van der Waals surface area contributed by atoms with Crippen LogP contribution in [0.15, 0.2) is 18.2 Å². The maximum atomic E-state index is 14.1. The van der Waals surface area contributed by atoms with Gasteiger partial charge in [0.2, 0.25) is 5.91 Å². The van der Waals surface area contributed by atoms with Gasteiger partial charge in [0.15, 0.2) is 0 Å². The minimum absolute atomic E-state index is 0.00842. The molecule has 0 bridgehead atoms. The molecule has 0 aromatic heterocycles. The maximum absolute atomic E-state index is 14.1. The molecule has 1 aromatic carbocycles. The fraction of sp³-hybridized carbons (Fsp3) is 0.533. The fourth-order valence-corrected chi connectivity index (χ4v) is 2.81. The molecule has 1 heterocycles. The van der Waals surface area contributed by atoms with Crippen LogP contribution in [0.1, 0.15) is 44.4 Å². The molecule has 1 aliphatic heterocycles. The van der Waals surface area contributed by atoms with Crippen molar-refractivity contribution in [3.63, 3.8) is 0 Å². The molecule has 0 radical (unpaired) electrons. The van der Waals surface area contributed by atoms with Gasteiger partial charge < -0.3 is 10.6 Å². The minimum Gasteiger partial charge on any atom is -0.329 e. The molecule has 2 atom stereocenters. The SMILES string of the molecule is Cc1ccc(F)c(C2C(N)CC(=O)N2C(C)(C)C)c1. The Morgan fingerprint density at radius 1 is 1.37 bits per heavy atom. The highest BCUT2D eigenvalue weighted by Gasteiger charge is 2.44. The van der Waals surface area contributed by atoms with Crippen LogP contribution in [0.5, 0.6) is 0 Å². The number of carbonyl (C=O) groups is 1. The van der Waals surface area contributed by atoms with Crippen LogP contribution >= 0.6 is 0 Å². The Labute approximate surface area is 113 Å². The summed E-state index contributed by atoms with van der Waals surface area (Å²) in [5, 5.41) is 0. The van der Waals surface area contributed by atoms with Crippen LogP contribution in [-0.4, -0.2) is 22.4 Å². The largest absolute Gasteiger partial charge is 0.329 e. The van der Waals surface area contributed by atoms with E-state index in [-0.39, 0.29) is 35.8 Å². The van der Waals surface area contributed by atoms with E-state index in [0.717, 1.165) is 5.56 Å². The van der Waals surface area contributed by atoms with Crippen LogP contribution in [0.3, 0.4) is 0 Å². The molecular weight excluding hydrogens is 243 g/mol. The lowest BCUT2D eigenvalue weighted by Gasteiger charge is -2.38. The second kappa shape index (κ2) is 4.60. The van der Waals surface area contributed by atoms with Gasteiger partial charge in [0.25, 0.3) is 0 Å². The quantitative estimate of drug-likeness (QED) is 0.847. The topological polar surface area (TPSA) is 46.3 Å². The molecule has 3 nitrogen and oxygen atoms in total. The van der Waals surface area contributed by atoms with Crippen LogP contribution in [0.25, 0.3) is 0 Å². The van der Waals surface area contributed by atoms with Crippen LogP contribution in [-0.2, 0) is 4.79 Å². The summed E-state index contributed by atoms with van der Waals surface area (Å²) in [7, 11) is 0. The monoisotopic (exact) mass is 264 g/mol. The van der Waals surface area contributed by atoms with E-state index in [1.54, 1.807) is 17.0 Å². The van der Waals surface area contributed by atoms with Crippen LogP contribution < -0.4 is 5.73 Å². The Morgan fingerprint density at radius 2 is 2.00 bits per heavy atom. The Bertz CT molecular complexity index is 507. The summed E-state index contributed by atoms with van der Waals surface area (Å²) in [6, 6.07) is 4.22. The molecule has 4 heteroatoms. The van der Waals surface area contributed by atoms with Crippen molar-refractivity contribution in [1.29, 1.82) is 0 Å². The third kappa shape index (κ3) is 2.50. The van der Waals surface area contributed by atoms with Gasteiger partial charge in [-0.15, -0.1) is 0 Å². The molecule has 1 saturated heterocycles. The van der Waals surface area contributed by atoms with Crippen LogP contribution in [0, 0.1) is 12.7 Å². The summed E-state index contributed by atoms with van der Waals surface area (Å²) < 4.78 is 14.1. The number of amides is 1. The van der Waals surface area contributed by atoms with Crippen molar-refractivity contribution < 1.29 is 9.18 Å². The number of carbonyl (C=O) groups excluding carboxylic acids is 1. The van der Waals surface area contributed by atoms with Gasteiger partial charge in [-0.1, -0.05) is 17.7 Å². The molecule has 0 saturated carbocycles. The summed E-state index contributed by atoms with van der Waals surface area (Å²) in [5.74, 6) is -0.305. The molecule has 19 heavy (non-hydrogen) atoms. The Kier molecular flexibility index (Phi) is 3.39. The summed E-state index contributed by atoms with van der Waals surface area (Å²) in [6.07, 6.45) is 0.273. The third-order valence-corrected chi connectivity index (χ3v) is 3.56. The van der Waals surface area contributed by atoms with E-state index in [0.29, 0.717) is 5.56 Å². The number of halogens is 1. The Balaban J connectivity index is 2.51. The van der Waals surface area contributed by atoms with E-state index >= 15 is 0 Å². The molecule has 1 aliphatic rings. The number of hydrogen-bond donors (Lipinski definition) is 1. The summed E-state index contributed by atoms with van der Waals surface area (Å²) in [4.78, 5) is 13.9. The number of hydrogen-bond acceptors (Lipinski definition) is 2. The molecule has 1 aromatic rings. The number of nitrogens with two attached hydrogens (primary N) is 1. The van der Waals surface area contributed by atoms with Crippen molar-refractivity contribution in [2.75, 3.05) is 0 Å². The first-order valence-electron chi connectivity index (χ1n) is 6.55. The second-order valence-electron chi connectivity index (χ2n) is 6.27. The first-order valence-corrected chi connectivity index (χ1v) is 6.55. The van der Waals surface area contributed by atoms with Gasteiger partial charge in [-0.25, -0.2) is 4.39 Å². The van der Waals surface area contributed by atoms with Crippen molar-refractivity contribution in [2.24, 2.45) is 5.73 Å². The predicted octanol–water partition coefficient (Wildman–Crippen LogP) is 2.53. The standard InChI is InChI=1S/C15H21FN2O/c1-9-5-6-11(16)10(7-9)14-12(17)8-13(19)18(14)15(2,3)4/h5-7,12,14H,8,17H2,1-4H3. The van der Waals surface area contributed by atoms with Crippen molar-refractivity contribution >= 4 is 5.91 Å². The smallest absolute Gasteiger partial charge is 0.225 e. The molecule has 1 amide bonds. The molecular formula is C15H21FN2O. The molecule has 1 fully saturated rings. The van der Waals surface area contributed by atoms with Gasteiger partial charge in [-0.3, -0.25) is 4.79 Å². The van der Waals surface area contributed by atoms with Crippen molar-refractivity contribution in [3.8, 4) is 0 Å². The number of rotatable bonds is 1. The lowest BCUT2D eigenvalue weighted by Crippen LogP contribution is -2.45. The predicted molar refractivity (Wildman–Crippen MR) is 73.1 cm³/mol. The van der Waals surface area contributed by atoms with Gasteiger partial charge in [0.05, 0.1) is 6.04 Å². The highest BCUT2D eigenvalue weighted by Crippen LogP contribution is 2.38. The van der Waals surface area contributed by atoms with Gasteiger partial charge in [-0.05, 0) is 33.8 Å². The molecule has 2 N–H and O–H groups in total. The summed E-state index contributed by atoms with van der Waals surface area (Å²) in [6.45, 7) is 7.75. The van der Waals surface area contributed by atoms with Gasteiger partial charge in [0.1, 0.15) is 5.82 Å². The zero-order valence-electron chi connectivity index (χ0n) is 11.9. The molecule has 2 unspecified atom stereocenters. The van der Waals surface area contributed by atoms with Crippen LogP contribution in [0.2, 0.25) is 0 Å². The molecule has 0 spiro atoms. The molecule has 104 valence electrons. The Morgan fingerprint density at radius 3 is 2.58 bits per heavy atom. The Hall–Kier alpha value is -1.42. The molecule has 0 aliphatic carbocycles. The highest BCUT2D eigenvalue weighted by molar-refractivity contribution is 5.81. The average molecular weight is 264 g/mol. The van der Waals surface area contributed by atoms with E-state index in [1.807, 2.05) is 27.7 Å². The minimum atomic E-state index is -0.382. The van der Waals surface area contributed by atoms with Gasteiger partial charge in [0, 0.05) is 23.6 Å². The van der Waals surface area contributed by atoms with Gasteiger partial charge >= 0.3 is 0 Å². The fourth-order valence-electron chi connectivity index (χ4n) is 2.81. The number of nitrogens with zero attached hydrogens (tertiary/aromatic N) is 1. The van der Waals surface area contributed by atoms with E-state index in [9.17, 15) is 9.18 Å². The molecule has 2 rings (SSSR count). The first kappa shape index (κ1) is 14.0. The zero-order valence-corrected chi connectivity index (χ0v) is 11.9. The summed E-state index contributed by atoms with van der Waals surface area (Å²) in [5.41, 5.74) is 7.20. The third-order valence-electron chi connectivity index (χ3n) is 3.56. The number of benzene rings is 1. The van der Waals surface area contributed by atoms with Crippen molar-refractivity contribution in [2.45, 2.75) is 51.7 Å². The zero-order chi connectivity index (χ0) is 14.4. The number of aryl methyl sites for hydroxylation is 1. The van der Waals surface area contributed by atoms with E-state index in [1.165, 1.54) is 6.07 Å². The number of likely N-dealkylation sites (tertiary alicyclic amines) is 1. The highest BCUT2D eigenvalue weighted by atomic mass is 19.1. The summed E-state index contributed by atoms with van der Waals surface area (Å²) >= 11 is 0. The first-order chi connectivity index (χ1) is 8.71. The van der Waals surface area contributed by atoms with Crippen LogP contribution in [0.4, 0.5) is 4.39 Å². The lowest BCUT2D eigenvalue weighted by molar-refractivity contribution is -0.133. The van der Waals surface area contributed by atoms with Crippen molar-refractivity contribution in [3.05, 3.63) is 35.1 Å². The van der Waals surface area contributed by atoms with E-state index in [4.69, 9.17) is 5.73 Å². The lowest BCUT2D eigenvalue weighted by atomic mass is 9.95. The van der Waals surface area contributed by atoms with E-state index in [2.05, 4.69) is 0 Å². The van der Waals surface area contributed by atoms with Crippen molar-refractivity contribution in [1.82, 2.24) is 4.90 Å². The second-order valence-corrected chi connectivity index (χ2v) is 6.27. The normalized spacial score (nSPS) is 24.1. The maximum Gasteiger partial charge on any atom is 0.225 e. The van der Waals surface area contributed by atoms with E-state index < -0.39 is 0 Å². The average Bonchev–Trinajstić information content (AvgIpc) is 2.56.